The third-order valence-corrected chi connectivity index (χ3v) is 5.55. The monoisotopic (exact) mass is 259 g/mol. The van der Waals surface area contributed by atoms with Crippen LogP contribution in [0.1, 0.15) is 29.5 Å². The van der Waals surface area contributed by atoms with Crippen molar-refractivity contribution in [3.05, 3.63) is 21.9 Å². The zero-order chi connectivity index (χ0) is 12.1. The first-order chi connectivity index (χ1) is 7.56. The average Bonchev–Trinajstić information content (AvgIpc) is 2.64. The molecule has 0 amide bonds. The van der Waals surface area contributed by atoms with Crippen molar-refractivity contribution in [2.75, 3.05) is 12.4 Å². The molecule has 0 fully saturated rings. The van der Waals surface area contributed by atoms with Crippen LogP contribution >= 0.6 is 23.1 Å². The Kier molecular flexibility index (Phi) is 5.83. The van der Waals surface area contributed by atoms with E-state index in [1.807, 2.05) is 11.8 Å². The number of thiophene rings is 1. The molecule has 4 heteroatoms. The van der Waals surface area contributed by atoms with Crippen molar-refractivity contribution in [3.8, 4) is 0 Å². The molecule has 3 unspecified atom stereocenters. The predicted octanol–water partition coefficient (Wildman–Crippen LogP) is 2.81. The molecule has 1 aromatic heterocycles. The molecule has 0 spiro atoms. The van der Waals surface area contributed by atoms with Crippen molar-refractivity contribution in [2.45, 2.75) is 32.1 Å². The maximum absolute atomic E-state index is 9.03. The van der Waals surface area contributed by atoms with Gasteiger partial charge in [0.2, 0.25) is 0 Å². The standard InChI is InChI=1S/C12H21NOS2/c1-8(6-14)7-16-12(10(3)13)11-9(2)4-5-15-11/h4-5,8,10,12,14H,6-7,13H2,1-3H3. The molecule has 3 atom stereocenters. The van der Waals surface area contributed by atoms with Gasteiger partial charge in [-0.15, -0.1) is 11.3 Å². The van der Waals surface area contributed by atoms with Crippen molar-refractivity contribution in [3.63, 3.8) is 0 Å². The highest BCUT2D eigenvalue weighted by molar-refractivity contribution is 7.99. The van der Waals surface area contributed by atoms with E-state index in [2.05, 4.69) is 32.2 Å². The molecule has 0 radical (unpaired) electrons. The van der Waals surface area contributed by atoms with Gasteiger partial charge in [-0.1, -0.05) is 6.92 Å². The Hall–Kier alpha value is -0.0300. The van der Waals surface area contributed by atoms with Gasteiger partial charge in [-0.05, 0) is 42.5 Å². The molecule has 16 heavy (non-hydrogen) atoms. The predicted molar refractivity (Wildman–Crippen MR) is 74.2 cm³/mol. The molecular weight excluding hydrogens is 238 g/mol. The van der Waals surface area contributed by atoms with Gasteiger partial charge in [0, 0.05) is 17.5 Å². The van der Waals surface area contributed by atoms with E-state index in [-0.39, 0.29) is 12.6 Å². The van der Waals surface area contributed by atoms with Crippen LogP contribution in [0, 0.1) is 12.8 Å². The molecule has 0 bridgehead atoms. The third-order valence-electron chi connectivity index (χ3n) is 2.51. The molecule has 0 aliphatic rings. The van der Waals surface area contributed by atoms with Crippen molar-refractivity contribution < 1.29 is 5.11 Å². The van der Waals surface area contributed by atoms with Crippen molar-refractivity contribution in [2.24, 2.45) is 11.7 Å². The van der Waals surface area contributed by atoms with Gasteiger partial charge in [0.1, 0.15) is 0 Å². The van der Waals surface area contributed by atoms with Gasteiger partial charge in [0.15, 0.2) is 0 Å². The minimum Gasteiger partial charge on any atom is -0.396 e. The van der Waals surface area contributed by atoms with Gasteiger partial charge in [-0.25, -0.2) is 0 Å². The van der Waals surface area contributed by atoms with E-state index < -0.39 is 0 Å². The first-order valence-corrected chi connectivity index (χ1v) is 7.51. The second kappa shape index (κ2) is 6.64. The highest BCUT2D eigenvalue weighted by Gasteiger charge is 2.20. The largest absolute Gasteiger partial charge is 0.396 e. The lowest BCUT2D eigenvalue weighted by molar-refractivity contribution is 0.250. The number of rotatable bonds is 6. The Morgan fingerprint density at radius 2 is 2.19 bits per heavy atom. The normalized spacial score (nSPS) is 17.1. The van der Waals surface area contributed by atoms with Crippen LogP contribution in [0.3, 0.4) is 0 Å². The van der Waals surface area contributed by atoms with Gasteiger partial charge in [0.25, 0.3) is 0 Å². The minimum absolute atomic E-state index is 0.147. The Morgan fingerprint density at radius 3 is 2.62 bits per heavy atom. The fourth-order valence-corrected chi connectivity index (χ4v) is 4.14. The van der Waals surface area contributed by atoms with Crippen LogP contribution in [-0.2, 0) is 0 Å². The zero-order valence-electron chi connectivity index (χ0n) is 10.1. The molecule has 0 aliphatic heterocycles. The molecule has 1 heterocycles. The van der Waals surface area contributed by atoms with Crippen LogP contribution in [0.2, 0.25) is 0 Å². The number of thioether (sulfide) groups is 1. The van der Waals surface area contributed by atoms with Crippen molar-refractivity contribution in [1.82, 2.24) is 0 Å². The summed E-state index contributed by atoms with van der Waals surface area (Å²) in [5, 5.41) is 11.5. The summed E-state index contributed by atoms with van der Waals surface area (Å²) in [5.74, 6) is 1.30. The van der Waals surface area contributed by atoms with Crippen LogP contribution < -0.4 is 5.73 Å². The van der Waals surface area contributed by atoms with Crippen LogP contribution in [-0.4, -0.2) is 23.5 Å². The highest BCUT2D eigenvalue weighted by atomic mass is 32.2. The number of aliphatic hydroxyl groups is 1. The van der Waals surface area contributed by atoms with E-state index in [4.69, 9.17) is 10.8 Å². The number of hydrogen-bond donors (Lipinski definition) is 2. The lowest BCUT2D eigenvalue weighted by Crippen LogP contribution is -2.23. The molecule has 0 aromatic carbocycles. The molecule has 1 rings (SSSR count). The lowest BCUT2D eigenvalue weighted by atomic mass is 10.1. The van der Waals surface area contributed by atoms with E-state index in [0.717, 1.165) is 5.75 Å². The first-order valence-electron chi connectivity index (χ1n) is 5.58. The second-order valence-corrected chi connectivity index (χ2v) is 6.49. The van der Waals surface area contributed by atoms with E-state index in [0.29, 0.717) is 11.2 Å². The zero-order valence-corrected chi connectivity index (χ0v) is 11.8. The maximum Gasteiger partial charge on any atom is 0.0542 e. The van der Waals surface area contributed by atoms with E-state index >= 15 is 0 Å². The summed E-state index contributed by atoms with van der Waals surface area (Å²) in [6.45, 7) is 6.51. The number of aryl methyl sites for hydroxylation is 1. The summed E-state index contributed by atoms with van der Waals surface area (Å²) in [7, 11) is 0. The number of nitrogens with two attached hydrogens (primary N) is 1. The Bertz CT molecular complexity index is 312. The maximum atomic E-state index is 9.03. The third kappa shape index (κ3) is 3.77. The molecular formula is C12H21NOS2. The van der Waals surface area contributed by atoms with Crippen LogP contribution in [0.15, 0.2) is 11.4 Å². The SMILES string of the molecule is Cc1ccsc1C(SCC(C)CO)C(C)N. The van der Waals surface area contributed by atoms with Crippen molar-refractivity contribution >= 4 is 23.1 Å². The topological polar surface area (TPSA) is 46.2 Å². The van der Waals surface area contributed by atoms with Gasteiger partial charge in [-0.2, -0.15) is 11.8 Å². The van der Waals surface area contributed by atoms with Crippen LogP contribution in [0.25, 0.3) is 0 Å². The van der Waals surface area contributed by atoms with Crippen LogP contribution in [0.5, 0.6) is 0 Å². The quantitative estimate of drug-likeness (QED) is 0.826. The number of hydrogen-bond acceptors (Lipinski definition) is 4. The van der Waals surface area contributed by atoms with Crippen molar-refractivity contribution in [1.29, 1.82) is 0 Å². The molecule has 1 aromatic rings. The summed E-state index contributed by atoms with van der Waals surface area (Å²) in [6, 6.07) is 2.29. The van der Waals surface area contributed by atoms with E-state index in [9.17, 15) is 0 Å². The van der Waals surface area contributed by atoms with Gasteiger partial charge < -0.3 is 10.8 Å². The van der Waals surface area contributed by atoms with Gasteiger partial charge in [-0.3, -0.25) is 0 Å². The second-order valence-electron chi connectivity index (χ2n) is 4.37. The minimum atomic E-state index is 0.147. The summed E-state index contributed by atoms with van der Waals surface area (Å²) >= 11 is 3.64. The number of aliphatic hydroxyl groups excluding tert-OH is 1. The molecule has 92 valence electrons. The summed E-state index contributed by atoms with van der Waals surface area (Å²) in [6.07, 6.45) is 0. The fraction of sp³-hybridized carbons (Fsp3) is 0.667. The van der Waals surface area contributed by atoms with E-state index in [1.165, 1.54) is 10.4 Å². The molecule has 0 saturated heterocycles. The Labute approximate surface area is 106 Å². The molecule has 0 saturated carbocycles. The van der Waals surface area contributed by atoms with E-state index in [1.54, 1.807) is 11.3 Å². The molecule has 2 nitrogen and oxygen atoms in total. The van der Waals surface area contributed by atoms with Gasteiger partial charge >= 0.3 is 0 Å². The smallest absolute Gasteiger partial charge is 0.0542 e. The summed E-state index contributed by atoms with van der Waals surface area (Å²) in [5.41, 5.74) is 7.38. The van der Waals surface area contributed by atoms with Crippen LogP contribution in [0.4, 0.5) is 0 Å². The fourth-order valence-electron chi connectivity index (χ4n) is 1.46. The summed E-state index contributed by atoms with van der Waals surface area (Å²) < 4.78 is 0. The Balaban J connectivity index is 2.66. The molecule has 0 aliphatic carbocycles. The Morgan fingerprint density at radius 1 is 1.50 bits per heavy atom. The highest BCUT2D eigenvalue weighted by Crippen LogP contribution is 2.37. The first kappa shape index (κ1) is 14.0. The average molecular weight is 259 g/mol. The lowest BCUT2D eigenvalue weighted by Gasteiger charge is -2.21. The van der Waals surface area contributed by atoms with Gasteiger partial charge in [0.05, 0.1) is 5.25 Å². The molecule has 3 N–H and O–H groups in total. The summed E-state index contributed by atoms with van der Waals surface area (Å²) in [4.78, 5) is 1.38.